The number of nitrogens with zero attached hydrogens (tertiary/aromatic N) is 1. The highest BCUT2D eigenvalue weighted by Gasteiger charge is 2.21. The van der Waals surface area contributed by atoms with Gasteiger partial charge in [-0.05, 0) is 6.92 Å². The van der Waals surface area contributed by atoms with Crippen molar-refractivity contribution in [3.63, 3.8) is 0 Å². The highest BCUT2D eigenvalue weighted by Crippen LogP contribution is 2.03. The third kappa shape index (κ3) is 2.19. The van der Waals surface area contributed by atoms with Gasteiger partial charge < -0.3 is 15.4 Å². The standard InChI is InChI=1S/C8H16N2O2/c1-7(6-9)8(11)10-2-4-12-5-3-10/h7H,2-6,9H2,1H3/p+1. The van der Waals surface area contributed by atoms with Crippen molar-refractivity contribution in [3.05, 3.63) is 0 Å². The Hall–Kier alpha value is -0.610. The summed E-state index contributed by atoms with van der Waals surface area (Å²) in [6.07, 6.45) is 0. The molecule has 1 atom stereocenters. The molecule has 0 spiro atoms. The van der Waals surface area contributed by atoms with E-state index in [2.05, 4.69) is 5.73 Å². The zero-order chi connectivity index (χ0) is 8.97. The average Bonchev–Trinajstić information content (AvgIpc) is 2.17. The maximum atomic E-state index is 11.6. The maximum absolute atomic E-state index is 11.6. The largest absolute Gasteiger partial charge is 0.378 e. The van der Waals surface area contributed by atoms with Crippen molar-refractivity contribution in [3.8, 4) is 0 Å². The Balaban J connectivity index is 2.39. The van der Waals surface area contributed by atoms with Gasteiger partial charge in [-0.2, -0.15) is 0 Å². The molecule has 3 N–H and O–H groups in total. The summed E-state index contributed by atoms with van der Waals surface area (Å²) < 4.78 is 5.15. The van der Waals surface area contributed by atoms with Crippen molar-refractivity contribution in [1.29, 1.82) is 0 Å². The van der Waals surface area contributed by atoms with E-state index in [-0.39, 0.29) is 11.8 Å². The first-order valence-electron chi connectivity index (χ1n) is 4.41. The molecule has 1 unspecified atom stereocenters. The first-order chi connectivity index (χ1) is 5.75. The first kappa shape index (κ1) is 9.48. The van der Waals surface area contributed by atoms with Crippen LogP contribution in [0.25, 0.3) is 0 Å². The molecule has 1 amide bonds. The van der Waals surface area contributed by atoms with Crippen LogP contribution in [-0.4, -0.2) is 43.7 Å². The van der Waals surface area contributed by atoms with Gasteiger partial charge in [-0.1, -0.05) is 0 Å². The SMILES string of the molecule is CC(C[NH3+])C(=O)N1CCOCC1. The van der Waals surface area contributed by atoms with Crippen LogP contribution >= 0.6 is 0 Å². The number of rotatable bonds is 2. The van der Waals surface area contributed by atoms with Crippen LogP contribution < -0.4 is 5.73 Å². The molecule has 4 nitrogen and oxygen atoms in total. The predicted octanol–water partition coefficient (Wildman–Crippen LogP) is -1.28. The van der Waals surface area contributed by atoms with Crippen molar-refractivity contribution < 1.29 is 15.3 Å². The number of quaternary nitrogens is 1. The highest BCUT2D eigenvalue weighted by atomic mass is 16.5. The summed E-state index contributed by atoms with van der Waals surface area (Å²) in [6.45, 7) is 5.43. The molecular weight excluding hydrogens is 156 g/mol. The molecule has 4 heteroatoms. The Morgan fingerprint density at radius 3 is 2.67 bits per heavy atom. The normalized spacial score (nSPS) is 20.7. The Morgan fingerprint density at radius 2 is 2.17 bits per heavy atom. The molecule has 0 radical (unpaired) electrons. The molecule has 1 aliphatic rings. The molecular formula is C8H17N2O2+. The van der Waals surface area contributed by atoms with Gasteiger partial charge in [-0.25, -0.2) is 0 Å². The van der Waals surface area contributed by atoms with Crippen LogP contribution in [0.2, 0.25) is 0 Å². The molecule has 1 heterocycles. The van der Waals surface area contributed by atoms with Crippen LogP contribution in [0.5, 0.6) is 0 Å². The zero-order valence-electron chi connectivity index (χ0n) is 7.58. The van der Waals surface area contributed by atoms with E-state index in [0.717, 1.165) is 13.1 Å². The lowest BCUT2D eigenvalue weighted by atomic mass is 10.1. The second-order valence-electron chi connectivity index (χ2n) is 3.13. The molecule has 1 aliphatic heterocycles. The summed E-state index contributed by atoms with van der Waals surface area (Å²) in [5.41, 5.74) is 3.72. The molecule has 0 aromatic heterocycles. The van der Waals surface area contributed by atoms with Gasteiger partial charge in [0.1, 0.15) is 0 Å². The second-order valence-corrected chi connectivity index (χ2v) is 3.13. The molecule has 70 valence electrons. The molecule has 0 aliphatic carbocycles. The summed E-state index contributed by atoms with van der Waals surface area (Å²) in [7, 11) is 0. The fourth-order valence-electron chi connectivity index (χ4n) is 1.22. The van der Waals surface area contributed by atoms with Crippen molar-refractivity contribution in [2.75, 3.05) is 32.8 Å². The summed E-state index contributed by atoms with van der Waals surface area (Å²) in [5.74, 6) is 0.274. The van der Waals surface area contributed by atoms with Crippen molar-refractivity contribution in [2.45, 2.75) is 6.92 Å². The fraction of sp³-hybridized carbons (Fsp3) is 0.875. The Bertz CT molecular complexity index is 155. The Morgan fingerprint density at radius 1 is 1.58 bits per heavy atom. The molecule has 12 heavy (non-hydrogen) atoms. The van der Waals surface area contributed by atoms with Gasteiger partial charge in [-0.15, -0.1) is 0 Å². The first-order valence-corrected chi connectivity index (χ1v) is 4.41. The van der Waals surface area contributed by atoms with Crippen molar-refractivity contribution in [1.82, 2.24) is 4.90 Å². The van der Waals surface area contributed by atoms with E-state index in [1.165, 1.54) is 0 Å². The van der Waals surface area contributed by atoms with Gasteiger partial charge in [-0.3, -0.25) is 4.79 Å². The van der Waals surface area contributed by atoms with Crippen LogP contribution in [0.15, 0.2) is 0 Å². The third-order valence-corrected chi connectivity index (χ3v) is 2.18. The van der Waals surface area contributed by atoms with Gasteiger partial charge in [0.2, 0.25) is 5.91 Å². The lowest BCUT2D eigenvalue weighted by Crippen LogP contribution is -2.57. The topological polar surface area (TPSA) is 57.2 Å². The number of carbonyl (C=O) groups excluding carboxylic acids is 1. The summed E-state index contributed by atoms with van der Waals surface area (Å²) in [5, 5.41) is 0. The average molecular weight is 173 g/mol. The van der Waals surface area contributed by atoms with E-state index in [9.17, 15) is 4.79 Å². The number of hydrogen-bond donors (Lipinski definition) is 1. The van der Waals surface area contributed by atoms with E-state index in [4.69, 9.17) is 4.74 Å². The van der Waals surface area contributed by atoms with Crippen LogP contribution in [-0.2, 0) is 9.53 Å². The number of amides is 1. The van der Waals surface area contributed by atoms with Crippen LogP contribution in [0.1, 0.15) is 6.92 Å². The van der Waals surface area contributed by atoms with Gasteiger partial charge in [0.25, 0.3) is 0 Å². The Labute approximate surface area is 72.7 Å². The fourth-order valence-corrected chi connectivity index (χ4v) is 1.22. The van der Waals surface area contributed by atoms with Crippen LogP contribution in [0, 0.1) is 5.92 Å². The summed E-state index contributed by atoms with van der Waals surface area (Å²) in [4.78, 5) is 13.4. The number of carbonyl (C=O) groups is 1. The molecule has 1 fully saturated rings. The maximum Gasteiger partial charge on any atom is 0.231 e. The molecule has 1 saturated heterocycles. The number of morpholine rings is 1. The molecule has 0 saturated carbocycles. The molecule has 0 bridgehead atoms. The number of hydrogen-bond acceptors (Lipinski definition) is 2. The minimum absolute atomic E-state index is 0.0584. The van der Waals surface area contributed by atoms with Gasteiger partial charge in [0, 0.05) is 13.1 Å². The van der Waals surface area contributed by atoms with E-state index in [1.54, 1.807) is 0 Å². The van der Waals surface area contributed by atoms with Crippen LogP contribution in [0.4, 0.5) is 0 Å². The quantitative estimate of drug-likeness (QED) is 0.565. The van der Waals surface area contributed by atoms with E-state index >= 15 is 0 Å². The second kappa shape index (κ2) is 4.42. The Kier molecular flexibility index (Phi) is 3.49. The number of ether oxygens (including phenoxy) is 1. The molecule has 0 aromatic carbocycles. The van der Waals surface area contributed by atoms with Gasteiger partial charge >= 0.3 is 0 Å². The van der Waals surface area contributed by atoms with Crippen LogP contribution in [0.3, 0.4) is 0 Å². The lowest BCUT2D eigenvalue weighted by molar-refractivity contribution is -0.375. The zero-order valence-corrected chi connectivity index (χ0v) is 7.58. The van der Waals surface area contributed by atoms with E-state index in [1.807, 2.05) is 11.8 Å². The smallest absolute Gasteiger partial charge is 0.231 e. The van der Waals surface area contributed by atoms with E-state index in [0.29, 0.717) is 19.8 Å². The minimum atomic E-state index is 0.0584. The monoisotopic (exact) mass is 173 g/mol. The third-order valence-electron chi connectivity index (χ3n) is 2.18. The molecule has 1 rings (SSSR count). The van der Waals surface area contributed by atoms with Crippen molar-refractivity contribution in [2.24, 2.45) is 5.92 Å². The van der Waals surface area contributed by atoms with E-state index < -0.39 is 0 Å². The van der Waals surface area contributed by atoms with Gasteiger partial charge in [0.15, 0.2) is 0 Å². The highest BCUT2D eigenvalue weighted by molar-refractivity contribution is 5.78. The lowest BCUT2D eigenvalue weighted by Gasteiger charge is -2.28. The summed E-state index contributed by atoms with van der Waals surface area (Å²) >= 11 is 0. The molecule has 0 aromatic rings. The predicted molar refractivity (Wildman–Crippen MR) is 44.3 cm³/mol. The minimum Gasteiger partial charge on any atom is -0.378 e. The summed E-state index contributed by atoms with van der Waals surface area (Å²) in [6, 6.07) is 0. The van der Waals surface area contributed by atoms with Crippen molar-refractivity contribution >= 4 is 5.91 Å². The van der Waals surface area contributed by atoms with Gasteiger partial charge in [0.05, 0.1) is 25.7 Å².